The van der Waals surface area contributed by atoms with Gasteiger partial charge >= 0.3 is 0 Å². The van der Waals surface area contributed by atoms with Crippen LogP contribution >= 0.6 is 0 Å². The lowest BCUT2D eigenvalue weighted by atomic mass is 9.84. The van der Waals surface area contributed by atoms with Crippen LogP contribution in [0.4, 0.5) is 0 Å². The summed E-state index contributed by atoms with van der Waals surface area (Å²) in [6.45, 7) is 6.01. The van der Waals surface area contributed by atoms with Crippen molar-refractivity contribution < 1.29 is 5.11 Å². The van der Waals surface area contributed by atoms with E-state index in [4.69, 9.17) is 4.98 Å². The van der Waals surface area contributed by atoms with E-state index in [1.165, 1.54) is 0 Å². The van der Waals surface area contributed by atoms with Crippen molar-refractivity contribution in [1.29, 1.82) is 0 Å². The molecule has 4 aromatic carbocycles. The smallest absolute Gasteiger partial charge is 0.266 e. The maximum Gasteiger partial charge on any atom is 0.266 e. The molecule has 0 atom stereocenters. The minimum Gasteiger partial charge on any atom is -0.373 e. The minimum absolute atomic E-state index is 0.220. The van der Waals surface area contributed by atoms with Crippen LogP contribution in [0.1, 0.15) is 33.6 Å². The van der Waals surface area contributed by atoms with Gasteiger partial charge in [-0.1, -0.05) is 89.5 Å². The third-order valence-electron chi connectivity index (χ3n) is 6.33. The van der Waals surface area contributed by atoms with Crippen LogP contribution in [-0.4, -0.2) is 14.7 Å². The quantitative estimate of drug-likeness (QED) is 0.391. The van der Waals surface area contributed by atoms with Crippen LogP contribution in [0.5, 0.6) is 0 Å². The molecule has 168 valence electrons. The van der Waals surface area contributed by atoms with E-state index < -0.39 is 5.60 Å². The molecule has 5 aromatic rings. The van der Waals surface area contributed by atoms with Crippen LogP contribution in [0.2, 0.25) is 0 Å². The zero-order valence-electron chi connectivity index (χ0n) is 19.5. The first-order valence-electron chi connectivity index (χ1n) is 11.3. The Hall–Kier alpha value is -4.02. The summed E-state index contributed by atoms with van der Waals surface area (Å²) in [5.41, 5.74) is 3.85. The topological polar surface area (TPSA) is 55.1 Å². The summed E-state index contributed by atoms with van der Waals surface area (Å²) in [4.78, 5) is 18.8. The number of rotatable bonds is 4. The summed E-state index contributed by atoms with van der Waals surface area (Å²) < 4.78 is 1.54. The van der Waals surface area contributed by atoms with Crippen LogP contribution in [0.3, 0.4) is 0 Å². The molecule has 1 aromatic heterocycles. The Balaban J connectivity index is 1.92. The van der Waals surface area contributed by atoms with Gasteiger partial charge in [-0.3, -0.25) is 9.36 Å². The van der Waals surface area contributed by atoms with Gasteiger partial charge in [0, 0.05) is 0 Å². The molecule has 0 unspecified atom stereocenters. The number of benzene rings is 4. The van der Waals surface area contributed by atoms with E-state index in [9.17, 15) is 9.90 Å². The number of nitrogens with zero attached hydrogens (tertiary/aromatic N) is 2. The van der Waals surface area contributed by atoms with Crippen molar-refractivity contribution in [3.63, 3.8) is 0 Å². The van der Waals surface area contributed by atoms with Crippen LogP contribution in [-0.2, 0) is 5.60 Å². The monoisotopic (exact) mass is 446 g/mol. The van der Waals surface area contributed by atoms with Crippen LogP contribution in [0, 0.1) is 20.8 Å². The van der Waals surface area contributed by atoms with Gasteiger partial charge in [-0.05, 0) is 56.2 Å². The second-order valence-electron chi connectivity index (χ2n) is 8.87. The van der Waals surface area contributed by atoms with Gasteiger partial charge in [0.05, 0.1) is 16.6 Å². The highest BCUT2D eigenvalue weighted by atomic mass is 16.3. The standard InChI is InChI=1S/C30H26N2O2/c1-20-8-14-23(15-9-20)30(34,24-16-10-21(2)11-17-24)29-31-27-7-5-4-6-26(27)28(33)32(29)25-18-12-22(3)13-19-25/h4-19,34H,1-3H3. The number of hydrogen-bond donors (Lipinski definition) is 1. The molecule has 0 radical (unpaired) electrons. The minimum atomic E-state index is -1.66. The van der Waals surface area contributed by atoms with Gasteiger partial charge < -0.3 is 5.11 Å². The Bertz CT molecular complexity index is 1490. The fraction of sp³-hybridized carbons (Fsp3) is 0.133. The van der Waals surface area contributed by atoms with Crippen molar-refractivity contribution in [3.8, 4) is 5.69 Å². The number of para-hydroxylation sites is 1. The Morgan fingerprint density at radius 3 is 1.68 bits per heavy atom. The molecule has 5 rings (SSSR count). The van der Waals surface area contributed by atoms with Crippen molar-refractivity contribution >= 4 is 10.9 Å². The van der Waals surface area contributed by atoms with E-state index in [-0.39, 0.29) is 11.4 Å². The Morgan fingerprint density at radius 1 is 0.676 bits per heavy atom. The molecule has 0 aliphatic heterocycles. The predicted molar refractivity (Wildman–Crippen MR) is 137 cm³/mol. The third kappa shape index (κ3) is 3.62. The second-order valence-corrected chi connectivity index (χ2v) is 8.87. The number of aryl methyl sites for hydroxylation is 3. The normalized spacial score (nSPS) is 11.6. The average Bonchev–Trinajstić information content (AvgIpc) is 2.85. The molecule has 0 fully saturated rings. The summed E-state index contributed by atoms with van der Waals surface area (Å²) >= 11 is 0. The van der Waals surface area contributed by atoms with E-state index in [0.717, 1.165) is 16.7 Å². The molecule has 1 N–H and O–H groups in total. The highest BCUT2D eigenvalue weighted by Gasteiger charge is 2.39. The first kappa shape index (κ1) is 21.8. The first-order valence-corrected chi connectivity index (χ1v) is 11.3. The molecule has 0 saturated carbocycles. The van der Waals surface area contributed by atoms with Crippen molar-refractivity contribution in [3.05, 3.63) is 141 Å². The molecule has 0 saturated heterocycles. The zero-order chi connectivity index (χ0) is 23.9. The molecule has 0 aliphatic carbocycles. The van der Waals surface area contributed by atoms with Crippen molar-refractivity contribution in [1.82, 2.24) is 9.55 Å². The van der Waals surface area contributed by atoms with Gasteiger partial charge in [0.25, 0.3) is 5.56 Å². The number of hydrogen-bond acceptors (Lipinski definition) is 3. The van der Waals surface area contributed by atoms with E-state index in [0.29, 0.717) is 27.7 Å². The van der Waals surface area contributed by atoms with E-state index in [1.54, 1.807) is 10.6 Å². The lowest BCUT2D eigenvalue weighted by Gasteiger charge is -2.31. The summed E-state index contributed by atoms with van der Waals surface area (Å²) in [7, 11) is 0. The Labute approximate surface area is 198 Å². The molecule has 0 aliphatic rings. The molecule has 0 bridgehead atoms. The van der Waals surface area contributed by atoms with Gasteiger partial charge in [-0.2, -0.15) is 0 Å². The van der Waals surface area contributed by atoms with E-state index in [2.05, 4.69) is 0 Å². The number of aromatic nitrogens is 2. The fourth-order valence-corrected chi connectivity index (χ4v) is 4.32. The van der Waals surface area contributed by atoms with Crippen LogP contribution in [0.25, 0.3) is 16.6 Å². The van der Waals surface area contributed by atoms with Crippen LogP contribution in [0.15, 0.2) is 102 Å². The number of fused-ring (bicyclic) bond motifs is 1. The molecule has 0 amide bonds. The highest BCUT2D eigenvalue weighted by molar-refractivity contribution is 5.78. The highest BCUT2D eigenvalue weighted by Crippen LogP contribution is 2.37. The summed E-state index contributed by atoms with van der Waals surface area (Å²) in [5, 5.41) is 13.1. The van der Waals surface area contributed by atoms with Crippen molar-refractivity contribution in [2.45, 2.75) is 26.4 Å². The second kappa shape index (κ2) is 8.40. The summed E-state index contributed by atoms with van der Waals surface area (Å²) in [5.74, 6) is 0.257. The third-order valence-corrected chi connectivity index (χ3v) is 6.33. The molecule has 1 heterocycles. The fourth-order valence-electron chi connectivity index (χ4n) is 4.32. The van der Waals surface area contributed by atoms with Crippen molar-refractivity contribution in [2.75, 3.05) is 0 Å². The molecule has 34 heavy (non-hydrogen) atoms. The predicted octanol–water partition coefficient (Wildman–Crippen LogP) is 5.60. The maximum absolute atomic E-state index is 13.9. The Kier molecular flexibility index (Phi) is 5.39. The Morgan fingerprint density at radius 2 is 1.15 bits per heavy atom. The van der Waals surface area contributed by atoms with Crippen molar-refractivity contribution in [2.24, 2.45) is 0 Å². The SMILES string of the molecule is Cc1ccc(-n2c(C(O)(c3ccc(C)cc3)c3ccc(C)cc3)nc3ccccc3c2=O)cc1. The molecule has 4 heteroatoms. The summed E-state index contributed by atoms with van der Waals surface area (Å²) in [6, 6.07) is 30.4. The zero-order valence-corrected chi connectivity index (χ0v) is 19.5. The van der Waals surface area contributed by atoms with Gasteiger partial charge in [0.15, 0.2) is 11.4 Å². The molecular weight excluding hydrogens is 420 g/mol. The number of aliphatic hydroxyl groups is 1. The lowest BCUT2D eigenvalue weighted by Crippen LogP contribution is -2.38. The first-order chi connectivity index (χ1) is 16.4. The molecule has 0 spiro atoms. The van der Waals surface area contributed by atoms with Gasteiger partial charge in [0.1, 0.15) is 0 Å². The maximum atomic E-state index is 13.9. The van der Waals surface area contributed by atoms with Crippen LogP contribution < -0.4 is 5.56 Å². The summed E-state index contributed by atoms with van der Waals surface area (Å²) in [6.07, 6.45) is 0. The van der Waals surface area contributed by atoms with Gasteiger partial charge in [-0.25, -0.2) is 4.98 Å². The molecule has 4 nitrogen and oxygen atoms in total. The van der Waals surface area contributed by atoms with E-state index in [1.807, 2.05) is 112 Å². The largest absolute Gasteiger partial charge is 0.373 e. The average molecular weight is 447 g/mol. The van der Waals surface area contributed by atoms with Gasteiger partial charge in [0.2, 0.25) is 0 Å². The van der Waals surface area contributed by atoms with Gasteiger partial charge in [-0.15, -0.1) is 0 Å². The lowest BCUT2D eigenvalue weighted by molar-refractivity contribution is 0.113. The van der Waals surface area contributed by atoms with E-state index >= 15 is 0 Å². The molecular formula is C30H26N2O2.